The van der Waals surface area contributed by atoms with Crippen molar-refractivity contribution in [2.45, 2.75) is 50.4 Å². The average molecular weight is 541 g/mol. The van der Waals surface area contributed by atoms with E-state index in [0.717, 1.165) is 39.0 Å². The number of hydrogen-bond acceptors (Lipinski definition) is 10. The topological polar surface area (TPSA) is 154 Å². The molecule has 5 rings (SSSR count). The van der Waals surface area contributed by atoms with Crippen LogP contribution in [0.4, 0.5) is 5.95 Å². The molecule has 2 aliphatic heterocycles. The number of aliphatic hydroxyl groups excluding tert-OH is 3. The van der Waals surface area contributed by atoms with Crippen molar-refractivity contribution in [1.82, 2.24) is 25.3 Å². The number of nitrogens with zero attached hydrogens (tertiary/aromatic N) is 4. The van der Waals surface area contributed by atoms with Gasteiger partial charge in [-0.3, -0.25) is 4.79 Å². The fourth-order valence-corrected chi connectivity index (χ4v) is 5.24. The second-order valence-electron chi connectivity index (χ2n) is 10.2. The lowest BCUT2D eigenvalue weighted by atomic mass is 9.97. The molecule has 2 saturated heterocycles. The Morgan fingerprint density at radius 2 is 1.92 bits per heavy atom. The van der Waals surface area contributed by atoms with Gasteiger partial charge in [0, 0.05) is 62.6 Å². The third-order valence-electron chi connectivity index (χ3n) is 7.52. The predicted molar refractivity (Wildman–Crippen MR) is 143 cm³/mol. The molecule has 4 atom stereocenters. The van der Waals surface area contributed by atoms with Gasteiger partial charge in [0.25, 0.3) is 5.91 Å². The maximum absolute atomic E-state index is 12.4. The first-order valence-corrected chi connectivity index (χ1v) is 13.3. The second-order valence-corrected chi connectivity index (χ2v) is 10.2. The minimum absolute atomic E-state index is 0.0535. The number of anilines is 1. The molecule has 1 amide bonds. The highest BCUT2D eigenvalue weighted by atomic mass is 16.8. The highest BCUT2D eigenvalue weighted by molar-refractivity contribution is 5.92. The van der Waals surface area contributed by atoms with E-state index < -0.39 is 37.1 Å². The largest absolute Gasteiger partial charge is 0.394 e. The van der Waals surface area contributed by atoms with Gasteiger partial charge in [0.2, 0.25) is 5.95 Å². The van der Waals surface area contributed by atoms with Crippen molar-refractivity contribution in [1.29, 1.82) is 0 Å². The highest BCUT2D eigenvalue weighted by Gasteiger charge is 2.37. The molecule has 1 aromatic carbocycles. The van der Waals surface area contributed by atoms with Gasteiger partial charge in [-0.15, -0.1) is 0 Å². The minimum atomic E-state index is -1.22. The highest BCUT2D eigenvalue weighted by Crippen LogP contribution is 2.23. The fourth-order valence-electron chi connectivity index (χ4n) is 5.24. The lowest BCUT2D eigenvalue weighted by molar-refractivity contribution is -0.269. The monoisotopic (exact) mass is 540 g/mol. The Bertz CT molecular complexity index is 1250. The molecule has 0 spiro atoms. The van der Waals surface area contributed by atoms with Crippen molar-refractivity contribution in [2.24, 2.45) is 13.0 Å². The number of amides is 1. The number of hydroxylamine groups is 1. The summed E-state index contributed by atoms with van der Waals surface area (Å²) in [6.07, 6.45) is 2.72. The first-order valence-electron chi connectivity index (χ1n) is 13.3. The first-order chi connectivity index (χ1) is 18.9. The number of aliphatic hydroxyl groups is 3. The van der Waals surface area contributed by atoms with Crippen molar-refractivity contribution >= 4 is 22.8 Å². The molecule has 0 radical (unpaired) electrons. The quantitative estimate of drug-likeness (QED) is 0.242. The van der Waals surface area contributed by atoms with Gasteiger partial charge in [-0.05, 0) is 36.9 Å². The molecular weight excluding hydrogens is 504 g/mol. The summed E-state index contributed by atoms with van der Waals surface area (Å²) in [5.41, 5.74) is 5.02. The number of rotatable bonds is 9. The molecule has 210 valence electrons. The number of aromatic nitrogens is 3. The Kier molecular flexibility index (Phi) is 8.70. The number of nitrogens with one attached hydrogen (secondary N) is 2. The summed E-state index contributed by atoms with van der Waals surface area (Å²) < 4.78 is 7.51. The van der Waals surface area contributed by atoms with Gasteiger partial charge in [0.1, 0.15) is 12.2 Å². The first kappa shape index (κ1) is 27.4. The lowest BCUT2D eigenvalue weighted by Crippen LogP contribution is -2.51. The molecular formula is C27H36N6O6. The van der Waals surface area contributed by atoms with Crippen molar-refractivity contribution in [3.8, 4) is 0 Å². The summed E-state index contributed by atoms with van der Waals surface area (Å²) in [6.45, 7) is 3.00. The van der Waals surface area contributed by atoms with Crippen LogP contribution in [0.1, 0.15) is 35.2 Å². The van der Waals surface area contributed by atoms with Crippen LogP contribution in [-0.2, 0) is 23.2 Å². The maximum atomic E-state index is 12.4. The molecule has 3 aromatic rings. The zero-order valence-corrected chi connectivity index (χ0v) is 21.9. The number of benzene rings is 1. The summed E-state index contributed by atoms with van der Waals surface area (Å²) >= 11 is 0. The van der Waals surface area contributed by atoms with Gasteiger partial charge in [0.15, 0.2) is 6.29 Å². The third-order valence-corrected chi connectivity index (χ3v) is 7.52. The number of para-hydroxylation sites is 1. The van der Waals surface area contributed by atoms with E-state index in [2.05, 4.69) is 67.7 Å². The van der Waals surface area contributed by atoms with Gasteiger partial charge < -0.3 is 34.8 Å². The Labute approximate surface area is 226 Å². The molecule has 12 nitrogen and oxygen atoms in total. The number of carbonyl (C=O) groups is 1. The summed E-state index contributed by atoms with van der Waals surface area (Å²) in [6, 6.07) is 8.45. The third kappa shape index (κ3) is 6.38. The molecule has 2 aromatic heterocycles. The van der Waals surface area contributed by atoms with Crippen LogP contribution in [0.5, 0.6) is 0 Å². The van der Waals surface area contributed by atoms with Crippen LogP contribution in [0.25, 0.3) is 10.9 Å². The molecule has 5 N–H and O–H groups in total. The van der Waals surface area contributed by atoms with E-state index in [1.807, 2.05) is 0 Å². The number of fused-ring (bicyclic) bond motifs is 1. The summed E-state index contributed by atoms with van der Waals surface area (Å²) in [5, 5.41) is 33.8. The molecule has 0 aliphatic carbocycles. The van der Waals surface area contributed by atoms with E-state index in [1.165, 1.54) is 28.9 Å². The van der Waals surface area contributed by atoms with Gasteiger partial charge in [-0.1, -0.05) is 18.2 Å². The van der Waals surface area contributed by atoms with E-state index in [1.54, 1.807) is 0 Å². The average Bonchev–Trinajstić information content (AvgIpc) is 3.29. The van der Waals surface area contributed by atoms with Crippen LogP contribution in [-0.4, -0.2) is 86.6 Å². The van der Waals surface area contributed by atoms with Gasteiger partial charge >= 0.3 is 0 Å². The number of carbonyl (C=O) groups excluding carboxylic acids is 1. The standard InChI is InChI=1S/C27H36N6O6/c1-32-15-19(20-4-2-3-5-21(20)32)12-28-11-17-6-8-33(9-7-17)27-29-13-18(14-30-27)26(37)31-39-24-10-22(35)25(36)23(16-34)38-24/h2-5,13-15,17,22-25,28,34-36H,6-12,16H2,1H3,(H,31,37)/t22-,23-,24+,25-/m1/s1. The molecule has 4 heterocycles. The lowest BCUT2D eigenvalue weighted by Gasteiger charge is -2.35. The van der Waals surface area contributed by atoms with Crippen molar-refractivity contribution in [3.63, 3.8) is 0 Å². The summed E-state index contributed by atoms with van der Waals surface area (Å²) in [7, 11) is 2.08. The number of hydrogen-bond donors (Lipinski definition) is 5. The maximum Gasteiger partial charge on any atom is 0.278 e. The van der Waals surface area contributed by atoms with Crippen LogP contribution < -0.4 is 15.7 Å². The summed E-state index contributed by atoms with van der Waals surface area (Å²) in [4.78, 5) is 28.5. The zero-order valence-electron chi connectivity index (χ0n) is 21.9. The molecule has 12 heteroatoms. The van der Waals surface area contributed by atoms with Crippen LogP contribution in [0.3, 0.4) is 0 Å². The molecule has 2 fully saturated rings. The second kappa shape index (κ2) is 12.4. The van der Waals surface area contributed by atoms with Crippen LogP contribution in [0.15, 0.2) is 42.9 Å². The number of piperidine rings is 1. The van der Waals surface area contributed by atoms with E-state index in [0.29, 0.717) is 11.9 Å². The molecule has 2 aliphatic rings. The molecule has 0 unspecified atom stereocenters. The fraction of sp³-hybridized carbons (Fsp3) is 0.519. The number of ether oxygens (including phenoxy) is 1. The van der Waals surface area contributed by atoms with E-state index in [-0.39, 0.29) is 12.0 Å². The van der Waals surface area contributed by atoms with Gasteiger partial charge in [-0.2, -0.15) is 0 Å². The number of aryl methyl sites for hydroxylation is 1. The van der Waals surface area contributed by atoms with Crippen molar-refractivity contribution in [3.05, 3.63) is 54.0 Å². The summed E-state index contributed by atoms with van der Waals surface area (Å²) in [5.74, 6) is 0.584. The van der Waals surface area contributed by atoms with Crippen molar-refractivity contribution < 1.29 is 29.7 Å². The zero-order chi connectivity index (χ0) is 27.4. The Hall–Kier alpha value is -3.13. The van der Waals surface area contributed by atoms with Crippen LogP contribution in [0.2, 0.25) is 0 Å². The van der Waals surface area contributed by atoms with E-state index in [4.69, 9.17) is 9.57 Å². The smallest absolute Gasteiger partial charge is 0.278 e. The molecule has 0 saturated carbocycles. The molecule has 0 bridgehead atoms. The van der Waals surface area contributed by atoms with Crippen LogP contribution in [0, 0.1) is 5.92 Å². The molecule has 39 heavy (non-hydrogen) atoms. The Balaban J connectivity index is 1.05. The normalized spacial score (nSPS) is 24.3. The van der Waals surface area contributed by atoms with Gasteiger partial charge in [0.05, 0.1) is 18.3 Å². The van der Waals surface area contributed by atoms with Crippen LogP contribution >= 0.6 is 0 Å². The van der Waals surface area contributed by atoms with Gasteiger partial charge in [-0.25, -0.2) is 20.3 Å². The predicted octanol–water partition coefficient (Wildman–Crippen LogP) is 0.465. The SMILES string of the molecule is Cn1cc(CNCC2CCN(c3ncc(C(=O)NO[C@H]4C[C@@H](O)[C@@H](O)[C@@H](CO)O4)cn3)CC2)c2ccccc21. The van der Waals surface area contributed by atoms with E-state index in [9.17, 15) is 20.1 Å². The van der Waals surface area contributed by atoms with Crippen molar-refractivity contribution in [2.75, 3.05) is 31.1 Å². The Morgan fingerprint density at radius 3 is 2.67 bits per heavy atom. The van der Waals surface area contributed by atoms with E-state index >= 15 is 0 Å². The Morgan fingerprint density at radius 1 is 1.18 bits per heavy atom. The minimum Gasteiger partial charge on any atom is -0.394 e.